The van der Waals surface area contributed by atoms with Gasteiger partial charge in [0.1, 0.15) is 5.54 Å². The van der Waals surface area contributed by atoms with Crippen LogP contribution >= 0.6 is 0 Å². The van der Waals surface area contributed by atoms with Crippen LogP contribution in [0.5, 0.6) is 0 Å². The van der Waals surface area contributed by atoms with Gasteiger partial charge in [-0.3, -0.25) is 9.69 Å². The Kier molecular flexibility index (Phi) is 6.75. The van der Waals surface area contributed by atoms with E-state index in [-0.39, 0.29) is 5.97 Å². The van der Waals surface area contributed by atoms with E-state index in [4.69, 9.17) is 15.2 Å². The molecule has 0 saturated heterocycles. The van der Waals surface area contributed by atoms with E-state index in [0.717, 1.165) is 32.7 Å². The van der Waals surface area contributed by atoms with Crippen molar-refractivity contribution in [1.82, 2.24) is 4.90 Å². The van der Waals surface area contributed by atoms with Gasteiger partial charge in [0.2, 0.25) is 0 Å². The van der Waals surface area contributed by atoms with Crippen LogP contribution in [0.15, 0.2) is 0 Å². The number of ether oxygens (including phenoxy) is 2. The zero-order valence-electron chi connectivity index (χ0n) is 12.5. The summed E-state index contributed by atoms with van der Waals surface area (Å²) in [5.41, 5.74) is 5.40. The zero-order valence-corrected chi connectivity index (χ0v) is 12.5. The Balaban J connectivity index is 2.50. The lowest BCUT2D eigenvalue weighted by atomic mass is 9.99. The molecule has 2 N–H and O–H groups in total. The number of nitrogens with two attached hydrogens (primary N) is 1. The van der Waals surface area contributed by atoms with Crippen LogP contribution in [0.25, 0.3) is 0 Å². The van der Waals surface area contributed by atoms with Gasteiger partial charge in [-0.05, 0) is 39.7 Å². The molecule has 1 fully saturated rings. The van der Waals surface area contributed by atoms with Crippen molar-refractivity contribution in [2.45, 2.75) is 51.6 Å². The number of hydrogen-bond acceptors (Lipinski definition) is 5. The fourth-order valence-electron chi connectivity index (χ4n) is 2.75. The zero-order chi connectivity index (χ0) is 14.3. The molecule has 112 valence electrons. The summed E-state index contributed by atoms with van der Waals surface area (Å²) < 4.78 is 10.5. The van der Waals surface area contributed by atoms with E-state index >= 15 is 0 Å². The standard InChI is InChI=1S/C14H28N2O3/c1-4-16(9-10-18-5-2)12-7-8-14(15,11-12)13(17)19-6-3/h12H,4-11,15H2,1-3H3. The van der Waals surface area contributed by atoms with Gasteiger partial charge in [-0.25, -0.2) is 0 Å². The number of likely N-dealkylation sites (N-methyl/N-ethyl adjacent to an activating group) is 1. The molecule has 1 aliphatic carbocycles. The molecule has 5 heteroatoms. The lowest BCUT2D eigenvalue weighted by molar-refractivity contribution is -0.149. The normalized spacial score (nSPS) is 26.9. The second kappa shape index (κ2) is 7.82. The molecule has 0 amide bonds. The Labute approximate surface area is 116 Å². The Morgan fingerprint density at radius 2 is 2.11 bits per heavy atom. The first kappa shape index (κ1) is 16.4. The Morgan fingerprint density at radius 1 is 1.37 bits per heavy atom. The van der Waals surface area contributed by atoms with Crippen LogP contribution in [0, 0.1) is 0 Å². The summed E-state index contributed by atoms with van der Waals surface area (Å²) in [4.78, 5) is 14.2. The highest BCUT2D eigenvalue weighted by atomic mass is 16.5. The average molecular weight is 272 g/mol. The maximum Gasteiger partial charge on any atom is 0.326 e. The van der Waals surface area contributed by atoms with E-state index in [2.05, 4.69) is 11.8 Å². The minimum Gasteiger partial charge on any atom is -0.465 e. The number of hydrogen-bond donors (Lipinski definition) is 1. The first-order chi connectivity index (χ1) is 9.07. The minimum atomic E-state index is -0.792. The van der Waals surface area contributed by atoms with E-state index in [1.807, 2.05) is 13.8 Å². The van der Waals surface area contributed by atoms with Gasteiger partial charge in [-0.2, -0.15) is 0 Å². The number of esters is 1. The van der Waals surface area contributed by atoms with Crippen LogP contribution < -0.4 is 5.73 Å². The number of nitrogens with zero attached hydrogens (tertiary/aromatic N) is 1. The maximum absolute atomic E-state index is 11.9. The van der Waals surface area contributed by atoms with Crippen LogP contribution in [-0.2, 0) is 14.3 Å². The van der Waals surface area contributed by atoms with Gasteiger partial charge in [0.25, 0.3) is 0 Å². The van der Waals surface area contributed by atoms with Crippen molar-refractivity contribution in [3.8, 4) is 0 Å². The van der Waals surface area contributed by atoms with Gasteiger partial charge in [0.05, 0.1) is 13.2 Å². The molecule has 0 heterocycles. The van der Waals surface area contributed by atoms with E-state index in [0.29, 0.717) is 25.5 Å². The summed E-state index contributed by atoms with van der Waals surface area (Å²) in [6, 6.07) is 0.361. The summed E-state index contributed by atoms with van der Waals surface area (Å²) in [7, 11) is 0. The van der Waals surface area contributed by atoms with Gasteiger partial charge in [-0.1, -0.05) is 6.92 Å². The predicted octanol–water partition coefficient (Wildman–Crippen LogP) is 1.16. The summed E-state index contributed by atoms with van der Waals surface area (Å²) in [5.74, 6) is -0.252. The van der Waals surface area contributed by atoms with Crippen molar-refractivity contribution in [3.05, 3.63) is 0 Å². The second-order valence-corrected chi connectivity index (χ2v) is 5.10. The van der Waals surface area contributed by atoms with Gasteiger partial charge in [-0.15, -0.1) is 0 Å². The van der Waals surface area contributed by atoms with E-state index in [1.54, 1.807) is 0 Å². The lowest BCUT2D eigenvalue weighted by Gasteiger charge is -2.29. The summed E-state index contributed by atoms with van der Waals surface area (Å²) in [6.07, 6.45) is 2.35. The van der Waals surface area contributed by atoms with Crippen molar-refractivity contribution in [1.29, 1.82) is 0 Å². The second-order valence-electron chi connectivity index (χ2n) is 5.10. The molecule has 1 saturated carbocycles. The molecule has 0 aromatic rings. The Hall–Kier alpha value is -0.650. The Bertz CT molecular complexity index is 286. The highest BCUT2D eigenvalue weighted by molar-refractivity contribution is 5.81. The molecular formula is C14H28N2O3. The maximum atomic E-state index is 11.9. The highest BCUT2D eigenvalue weighted by Crippen LogP contribution is 2.32. The molecule has 1 aliphatic rings. The van der Waals surface area contributed by atoms with Crippen molar-refractivity contribution >= 4 is 5.97 Å². The summed E-state index contributed by atoms with van der Waals surface area (Å²) >= 11 is 0. The van der Waals surface area contributed by atoms with Gasteiger partial charge < -0.3 is 15.2 Å². The third-order valence-corrected chi connectivity index (χ3v) is 3.86. The number of carbonyl (C=O) groups is 1. The van der Waals surface area contributed by atoms with Crippen LogP contribution in [0.2, 0.25) is 0 Å². The molecule has 0 aromatic heterocycles. The molecule has 19 heavy (non-hydrogen) atoms. The molecule has 0 radical (unpaired) electrons. The minimum absolute atomic E-state index is 0.252. The molecule has 0 spiro atoms. The van der Waals surface area contributed by atoms with Crippen LogP contribution in [0.1, 0.15) is 40.0 Å². The van der Waals surface area contributed by atoms with Crippen molar-refractivity contribution in [2.75, 3.05) is 32.9 Å². The van der Waals surface area contributed by atoms with Crippen molar-refractivity contribution in [2.24, 2.45) is 5.73 Å². The summed E-state index contributed by atoms with van der Waals surface area (Å²) in [6.45, 7) is 9.66. The van der Waals surface area contributed by atoms with Gasteiger partial charge >= 0.3 is 5.97 Å². The van der Waals surface area contributed by atoms with Gasteiger partial charge in [0.15, 0.2) is 0 Å². The molecule has 2 atom stereocenters. The molecule has 1 rings (SSSR count). The van der Waals surface area contributed by atoms with E-state index in [9.17, 15) is 4.79 Å². The monoisotopic (exact) mass is 272 g/mol. The van der Waals surface area contributed by atoms with Gasteiger partial charge in [0, 0.05) is 19.2 Å². The fourth-order valence-corrected chi connectivity index (χ4v) is 2.75. The molecule has 0 aromatic carbocycles. The fraction of sp³-hybridized carbons (Fsp3) is 0.929. The van der Waals surface area contributed by atoms with Crippen LogP contribution in [0.3, 0.4) is 0 Å². The number of rotatable bonds is 8. The van der Waals surface area contributed by atoms with Crippen molar-refractivity contribution < 1.29 is 14.3 Å². The van der Waals surface area contributed by atoms with E-state index in [1.165, 1.54) is 0 Å². The van der Waals surface area contributed by atoms with Crippen LogP contribution in [-0.4, -0.2) is 55.4 Å². The predicted molar refractivity (Wildman–Crippen MR) is 74.9 cm³/mol. The smallest absolute Gasteiger partial charge is 0.326 e. The Morgan fingerprint density at radius 3 is 2.68 bits per heavy atom. The molecule has 5 nitrogen and oxygen atoms in total. The quantitative estimate of drug-likeness (QED) is 0.530. The molecule has 0 bridgehead atoms. The third kappa shape index (κ3) is 4.44. The first-order valence-electron chi connectivity index (χ1n) is 7.35. The highest BCUT2D eigenvalue weighted by Gasteiger charge is 2.44. The van der Waals surface area contributed by atoms with Crippen LogP contribution in [0.4, 0.5) is 0 Å². The number of carbonyl (C=O) groups excluding carboxylic acids is 1. The average Bonchev–Trinajstić information content (AvgIpc) is 2.79. The summed E-state index contributed by atoms with van der Waals surface area (Å²) in [5, 5.41) is 0. The van der Waals surface area contributed by atoms with Crippen molar-refractivity contribution in [3.63, 3.8) is 0 Å². The van der Waals surface area contributed by atoms with E-state index < -0.39 is 5.54 Å². The molecule has 0 aliphatic heterocycles. The molecular weight excluding hydrogens is 244 g/mol. The SMILES string of the molecule is CCOCCN(CC)C1CCC(N)(C(=O)OCC)C1. The third-order valence-electron chi connectivity index (χ3n) is 3.86. The molecule has 2 unspecified atom stereocenters. The topological polar surface area (TPSA) is 64.8 Å². The largest absolute Gasteiger partial charge is 0.465 e. The lowest BCUT2D eigenvalue weighted by Crippen LogP contribution is -2.48. The first-order valence-corrected chi connectivity index (χ1v) is 7.35.